The molecule has 0 bridgehead atoms. The predicted octanol–water partition coefficient (Wildman–Crippen LogP) is 32.2. The summed E-state index contributed by atoms with van der Waals surface area (Å²) in [5.74, 6) is 3.72. The average Bonchev–Trinajstić information content (AvgIpc) is 1.59. The molecule has 11 nitrogen and oxygen atoms in total. The molecule has 20 aromatic carbocycles. The fourth-order valence-corrected chi connectivity index (χ4v) is 23.5. The Morgan fingerprint density at radius 2 is 0.496 bits per heavy atom. The molecule has 9 aromatic heterocycles. The van der Waals surface area contributed by atoms with Gasteiger partial charge in [0.15, 0.2) is 40.5 Å². The summed E-state index contributed by atoms with van der Waals surface area (Å²) in [6.45, 7) is 0. The maximum Gasteiger partial charge on any atom is 0.167 e. The van der Waals surface area contributed by atoms with Crippen molar-refractivity contribution < 1.29 is 4.42 Å². The van der Waals surface area contributed by atoms with Crippen molar-refractivity contribution in [2.45, 2.75) is 0 Å². The van der Waals surface area contributed by atoms with Crippen molar-refractivity contribution in [1.82, 2.24) is 48.2 Å². The summed E-state index contributed by atoms with van der Waals surface area (Å²) < 4.78 is 22.1. The van der Waals surface area contributed by atoms with Gasteiger partial charge in [0.25, 0.3) is 0 Å². The first kappa shape index (κ1) is 74.7. The van der Waals surface area contributed by atoms with E-state index in [4.69, 9.17) is 34.3 Å². The monoisotopic (exact) mass is 1730 g/mol. The molecule has 29 rings (SSSR count). The molecule has 0 radical (unpaired) electrons. The molecule has 133 heavy (non-hydrogen) atoms. The zero-order valence-electron chi connectivity index (χ0n) is 71.1. The van der Waals surface area contributed by atoms with Crippen LogP contribution in [0, 0.1) is 0 Å². The van der Waals surface area contributed by atoms with Gasteiger partial charge in [-0.3, -0.25) is 0 Å². The smallest absolute Gasteiger partial charge is 0.167 e. The van der Waals surface area contributed by atoms with Gasteiger partial charge in [-0.25, -0.2) is 29.9 Å². The van der Waals surface area contributed by atoms with Gasteiger partial charge in [0, 0.05) is 130 Å². The van der Waals surface area contributed by atoms with Gasteiger partial charge in [0.2, 0.25) is 0 Å². The maximum absolute atomic E-state index is 7.10. The van der Waals surface area contributed by atoms with Gasteiger partial charge in [0.05, 0.1) is 64.8 Å². The first-order chi connectivity index (χ1) is 66.0. The summed E-state index contributed by atoms with van der Waals surface area (Å²) in [5.41, 5.74) is 20.9. The lowest BCUT2D eigenvalue weighted by Gasteiger charge is -2.15. The van der Waals surface area contributed by atoms with Crippen molar-refractivity contribution in [2.24, 2.45) is 0 Å². The van der Waals surface area contributed by atoms with Gasteiger partial charge in [-0.2, -0.15) is 0 Å². The Hall–Kier alpha value is -17.4. The first-order valence-corrected chi connectivity index (χ1v) is 46.4. The second kappa shape index (κ2) is 29.6. The van der Waals surface area contributed by atoms with E-state index in [-0.39, 0.29) is 0 Å². The second-order valence-corrected chi connectivity index (χ2v) is 36.3. The molecule has 29 aromatic rings. The first-order valence-electron chi connectivity index (χ1n) is 44.8. The van der Waals surface area contributed by atoms with Crippen LogP contribution >= 0.6 is 22.7 Å². The molecular formula is C120H70N10OS2. The van der Waals surface area contributed by atoms with E-state index in [1.807, 2.05) is 126 Å². The number of hydrogen-bond donors (Lipinski definition) is 0. The van der Waals surface area contributed by atoms with Crippen LogP contribution in [0.2, 0.25) is 0 Å². The highest BCUT2D eigenvalue weighted by Crippen LogP contribution is 2.50. The van der Waals surface area contributed by atoms with Crippen molar-refractivity contribution >= 4 is 204 Å². The van der Waals surface area contributed by atoms with E-state index in [1.165, 1.54) is 143 Å². The molecule has 0 aliphatic heterocycles. The molecule has 13 heteroatoms. The summed E-state index contributed by atoms with van der Waals surface area (Å²) in [6.07, 6.45) is 0. The Morgan fingerprint density at radius 3 is 0.985 bits per heavy atom. The summed E-state index contributed by atoms with van der Waals surface area (Å²) in [4.78, 5) is 30.2. The molecule has 0 saturated heterocycles. The SMILES string of the molecule is c1ccc(-c2nc(-c3ccccc3)nc(-c3ccc4c5ccc(-n6c7ccccc7c7cc(-n8c9ccccc9c9ccc%10c%11ccccc%11sc%10c98)ccc76)cc5c5ccccc5c4c3)n2)cc1.c1ccc(-c2nc(-c3ccccc3)nc(-c3cccc4c3oc3c(-n5c6ccccc6c6cc(-n7c8ccccc8c8ccc9c%10ccccc%10sc9c87)ccc65)cccc34)n2)cc1. The molecule has 0 aliphatic carbocycles. The number of nitrogens with zero attached hydrogens (tertiary/aromatic N) is 10. The number of fused-ring (bicyclic) bond motifs is 29. The van der Waals surface area contributed by atoms with Crippen LogP contribution in [0.4, 0.5) is 0 Å². The number of hydrogen-bond acceptors (Lipinski definition) is 9. The van der Waals surface area contributed by atoms with E-state index in [9.17, 15) is 0 Å². The van der Waals surface area contributed by atoms with Crippen LogP contribution in [0.5, 0.6) is 0 Å². The van der Waals surface area contributed by atoms with Crippen LogP contribution in [-0.2, 0) is 0 Å². The lowest BCUT2D eigenvalue weighted by molar-refractivity contribution is 0.667. The number of aromatic nitrogens is 10. The third kappa shape index (κ3) is 11.6. The molecule has 0 unspecified atom stereocenters. The summed E-state index contributed by atoms with van der Waals surface area (Å²) in [5, 5.41) is 24.2. The normalized spacial score (nSPS) is 12.1. The van der Waals surface area contributed by atoms with E-state index in [0.717, 1.165) is 94.5 Å². The Kier molecular flexibility index (Phi) is 16.6. The third-order valence-electron chi connectivity index (χ3n) is 26.9. The molecule has 0 spiro atoms. The zero-order chi connectivity index (χ0) is 87.0. The van der Waals surface area contributed by atoms with E-state index in [2.05, 4.69) is 340 Å². The minimum Gasteiger partial charge on any atom is -0.453 e. The van der Waals surface area contributed by atoms with Crippen LogP contribution in [0.3, 0.4) is 0 Å². The van der Waals surface area contributed by atoms with Crippen LogP contribution in [-0.4, -0.2) is 48.2 Å². The number of furan rings is 1. The van der Waals surface area contributed by atoms with E-state index < -0.39 is 0 Å². The third-order valence-corrected chi connectivity index (χ3v) is 29.3. The van der Waals surface area contributed by atoms with E-state index in [0.29, 0.717) is 34.9 Å². The van der Waals surface area contributed by atoms with Gasteiger partial charge >= 0.3 is 0 Å². The fraction of sp³-hybridized carbons (Fsp3) is 0. The number of rotatable bonds is 10. The molecule has 0 amide bonds. The highest BCUT2D eigenvalue weighted by molar-refractivity contribution is 7.27. The number of benzene rings is 20. The van der Waals surface area contributed by atoms with Gasteiger partial charge in [-0.05, 0) is 135 Å². The quantitative estimate of drug-likeness (QED) is 0.125. The maximum atomic E-state index is 7.10. The Labute approximate surface area is 767 Å². The van der Waals surface area contributed by atoms with E-state index in [1.54, 1.807) is 0 Å². The Morgan fingerprint density at radius 1 is 0.180 bits per heavy atom. The number of thiophene rings is 2. The van der Waals surface area contributed by atoms with Crippen molar-refractivity contribution in [3.05, 3.63) is 425 Å². The highest BCUT2D eigenvalue weighted by Gasteiger charge is 2.27. The average molecular weight is 1730 g/mol. The Balaban J connectivity index is 0.000000133. The molecular weight excluding hydrogens is 1660 g/mol. The highest BCUT2D eigenvalue weighted by atomic mass is 32.1. The van der Waals surface area contributed by atoms with Gasteiger partial charge < -0.3 is 22.7 Å². The largest absolute Gasteiger partial charge is 0.453 e. The van der Waals surface area contributed by atoms with Crippen LogP contribution < -0.4 is 0 Å². The molecule has 0 saturated carbocycles. The van der Waals surface area contributed by atoms with Crippen molar-refractivity contribution in [3.8, 4) is 91.1 Å². The van der Waals surface area contributed by atoms with Crippen LogP contribution in [0.15, 0.2) is 429 Å². The number of para-hydroxylation sites is 6. The molecule has 0 fully saturated rings. The summed E-state index contributed by atoms with van der Waals surface area (Å²) in [7, 11) is 0. The Bertz CT molecular complexity index is 9800. The minimum atomic E-state index is 0.557. The van der Waals surface area contributed by atoms with Gasteiger partial charge in [0.1, 0.15) is 5.58 Å². The lowest BCUT2D eigenvalue weighted by atomic mass is 9.93. The van der Waals surface area contributed by atoms with Crippen LogP contribution in [0.25, 0.3) is 273 Å². The molecule has 618 valence electrons. The van der Waals surface area contributed by atoms with Gasteiger partial charge in [-0.15, -0.1) is 22.7 Å². The van der Waals surface area contributed by atoms with Crippen LogP contribution in [0.1, 0.15) is 0 Å². The molecule has 0 N–H and O–H groups in total. The molecule has 0 atom stereocenters. The predicted molar refractivity (Wildman–Crippen MR) is 555 cm³/mol. The van der Waals surface area contributed by atoms with Crippen molar-refractivity contribution in [2.75, 3.05) is 0 Å². The molecule has 9 heterocycles. The topological polar surface area (TPSA) is 110 Å². The standard InChI is InChI=1S/C63H37N5S.C57H33N5OS/c1-3-15-38(16-4-1)61-64-62(39-17-5-2-6-18-39)66-63(65-61)40-27-30-45-46-31-28-41(36-53(46)44-20-8-7-19-43(44)52(45)35-40)67-55-24-12-10-22-48(55)54-37-42(29-34-57(54)67)68-56-25-13-9-21-47(56)50-32-33-51-49-23-11-14-26-58(49)69-60(51)59(50)68;1-3-15-34(16-4-1)55-58-56(35-17-5-2-6-18-35)60-57(59-55)44-24-13-22-41-42-23-14-27-49(53(42)63-52(41)44)62-47-26-11-8-20-38(47)45-33-36(29-32-48(45)62)61-46-25-10-7-19-37(46)40-30-31-43-39-21-9-12-28-50(39)64-54(43)51(40)61/h1-37H;1-33H. The molecule has 0 aliphatic rings. The minimum absolute atomic E-state index is 0.557. The fourth-order valence-electron chi connectivity index (χ4n) is 21.0. The summed E-state index contributed by atoms with van der Waals surface area (Å²) in [6, 6.07) is 152. The van der Waals surface area contributed by atoms with E-state index >= 15 is 0 Å². The van der Waals surface area contributed by atoms with Crippen molar-refractivity contribution in [1.29, 1.82) is 0 Å². The van der Waals surface area contributed by atoms with Crippen molar-refractivity contribution in [3.63, 3.8) is 0 Å². The zero-order valence-corrected chi connectivity index (χ0v) is 72.7. The summed E-state index contributed by atoms with van der Waals surface area (Å²) >= 11 is 3.77. The second-order valence-electron chi connectivity index (χ2n) is 34.2. The van der Waals surface area contributed by atoms with Gasteiger partial charge in [-0.1, -0.05) is 322 Å². The lowest BCUT2D eigenvalue weighted by Crippen LogP contribution is -2.00.